The zero-order valence-corrected chi connectivity index (χ0v) is 6.09. The van der Waals surface area contributed by atoms with Crippen LogP contribution in [0.2, 0.25) is 0 Å². The number of nitro groups is 1. The molecule has 0 fully saturated rings. The Morgan fingerprint density at radius 1 is 1.83 bits per heavy atom. The summed E-state index contributed by atoms with van der Waals surface area (Å²) < 4.78 is 0.945. The summed E-state index contributed by atoms with van der Waals surface area (Å²) in [5.41, 5.74) is -0.207. The van der Waals surface area contributed by atoms with Gasteiger partial charge in [0.25, 0.3) is 0 Å². The van der Waals surface area contributed by atoms with Crippen molar-refractivity contribution >= 4 is 11.8 Å². The molecule has 64 valence electrons. The van der Waals surface area contributed by atoms with Crippen LogP contribution in [0, 0.1) is 10.1 Å². The summed E-state index contributed by atoms with van der Waals surface area (Å²) in [6, 6.07) is 0.905. The molecule has 7 heteroatoms. The van der Waals surface area contributed by atoms with Crippen molar-refractivity contribution in [2.45, 2.75) is 0 Å². The molecule has 0 atom stereocenters. The van der Waals surface area contributed by atoms with E-state index in [1.165, 1.54) is 7.05 Å². The van der Waals surface area contributed by atoms with Gasteiger partial charge in [0.2, 0.25) is 0 Å². The molecule has 0 aliphatic rings. The van der Waals surface area contributed by atoms with Crippen LogP contribution in [0.5, 0.6) is 0 Å². The Bertz CT molecular complexity index is 342. The molecule has 7 nitrogen and oxygen atoms in total. The third kappa shape index (κ3) is 1.24. The van der Waals surface area contributed by atoms with Gasteiger partial charge in [0.1, 0.15) is 0 Å². The number of hydrogen-bond donors (Lipinski definition) is 1. The van der Waals surface area contributed by atoms with Crippen LogP contribution in [0.25, 0.3) is 0 Å². The molecule has 0 aliphatic carbocycles. The van der Waals surface area contributed by atoms with E-state index in [1.54, 1.807) is 0 Å². The van der Waals surface area contributed by atoms with Crippen LogP contribution in [0.4, 0.5) is 5.82 Å². The van der Waals surface area contributed by atoms with Crippen LogP contribution in [-0.2, 0) is 7.05 Å². The first-order valence-corrected chi connectivity index (χ1v) is 2.94. The molecule has 12 heavy (non-hydrogen) atoms. The molecule has 1 N–H and O–H groups in total. The quantitative estimate of drug-likeness (QED) is 0.499. The summed E-state index contributed by atoms with van der Waals surface area (Å²) in [4.78, 5) is 19.8. The van der Waals surface area contributed by atoms with Gasteiger partial charge in [-0.3, -0.25) is 0 Å². The maximum absolute atomic E-state index is 10.4. The second-order valence-electron chi connectivity index (χ2n) is 2.07. The van der Waals surface area contributed by atoms with Crippen molar-refractivity contribution in [1.29, 1.82) is 0 Å². The summed E-state index contributed by atoms with van der Waals surface area (Å²) in [7, 11) is 1.33. The van der Waals surface area contributed by atoms with Crippen molar-refractivity contribution in [3.63, 3.8) is 0 Å². The molecule has 0 bridgehead atoms. The second-order valence-corrected chi connectivity index (χ2v) is 2.07. The average Bonchev–Trinajstić information content (AvgIpc) is 2.30. The van der Waals surface area contributed by atoms with Gasteiger partial charge in [-0.05, 0) is 4.92 Å². The van der Waals surface area contributed by atoms with Crippen LogP contribution in [0.1, 0.15) is 10.5 Å². The highest BCUT2D eigenvalue weighted by Gasteiger charge is 2.19. The maximum atomic E-state index is 10.4. The molecule has 1 rings (SSSR count). The maximum Gasteiger partial charge on any atom is 0.390 e. The Kier molecular flexibility index (Phi) is 1.78. The number of carbonyl (C=O) groups is 1. The standard InChI is InChI=1S/C5H5N3O4/c1-7-3(5(9)10)2-4(6-7)8(11)12/h2H,1H3,(H,9,10). The minimum absolute atomic E-state index is 0.207. The lowest BCUT2D eigenvalue weighted by atomic mass is 10.4. The predicted molar refractivity (Wildman–Crippen MR) is 36.8 cm³/mol. The Morgan fingerprint density at radius 3 is 2.67 bits per heavy atom. The molecule has 1 aromatic heterocycles. The van der Waals surface area contributed by atoms with Gasteiger partial charge in [-0.1, -0.05) is 0 Å². The third-order valence-electron chi connectivity index (χ3n) is 1.27. The number of hydrogen-bond acceptors (Lipinski definition) is 4. The normalized spacial score (nSPS) is 9.75. The Morgan fingerprint density at radius 2 is 2.42 bits per heavy atom. The third-order valence-corrected chi connectivity index (χ3v) is 1.27. The molecule has 0 unspecified atom stereocenters. The van der Waals surface area contributed by atoms with Gasteiger partial charge in [-0.25, -0.2) is 4.79 Å². The summed E-state index contributed by atoms with van der Waals surface area (Å²) >= 11 is 0. The second kappa shape index (κ2) is 2.61. The first kappa shape index (κ1) is 8.18. The van der Waals surface area contributed by atoms with E-state index in [9.17, 15) is 14.9 Å². The van der Waals surface area contributed by atoms with Crippen molar-refractivity contribution < 1.29 is 14.8 Å². The van der Waals surface area contributed by atoms with E-state index in [-0.39, 0.29) is 5.69 Å². The average molecular weight is 171 g/mol. The van der Waals surface area contributed by atoms with Crippen molar-refractivity contribution in [3.8, 4) is 0 Å². The largest absolute Gasteiger partial charge is 0.476 e. The Labute approximate surface area is 66.4 Å². The van der Waals surface area contributed by atoms with E-state index >= 15 is 0 Å². The Hall–Kier alpha value is -1.92. The highest BCUT2D eigenvalue weighted by molar-refractivity contribution is 5.86. The highest BCUT2D eigenvalue weighted by Crippen LogP contribution is 2.09. The number of carboxylic acid groups (broad SMARTS) is 1. The molecule has 0 radical (unpaired) electrons. The summed E-state index contributed by atoms with van der Waals surface area (Å²) in [6.07, 6.45) is 0. The van der Waals surface area contributed by atoms with E-state index in [1.807, 2.05) is 0 Å². The number of carboxylic acids is 1. The van der Waals surface area contributed by atoms with Crippen LogP contribution in [0.15, 0.2) is 6.07 Å². The number of aromatic nitrogens is 2. The Balaban J connectivity index is 3.17. The number of rotatable bonds is 2. The first-order valence-electron chi connectivity index (χ1n) is 2.94. The summed E-state index contributed by atoms with van der Waals surface area (Å²) in [5, 5.41) is 22.0. The fourth-order valence-electron chi connectivity index (χ4n) is 0.741. The minimum Gasteiger partial charge on any atom is -0.476 e. The topological polar surface area (TPSA) is 98.3 Å². The van der Waals surface area contributed by atoms with E-state index in [4.69, 9.17) is 5.11 Å². The fourth-order valence-corrected chi connectivity index (χ4v) is 0.741. The van der Waals surface area contributed by atoms with Crippen molar-refractivity contribution in [2.24, 2.45) is 7.05 Å². The lowest BCUT2D eigenvalue weighted by molar-refractivity contribution is -0.389. The zero-order valence-electron chi connectivity index (χ0n) is 6.09. The van der Waals surface area contributed by atoms with Gasteiger partial charge in [0.05, 0.1) is 18.2 Å². The van der Waals surface area contributed by atoms with E-state index in [2.05, 4.69) is 5.10 Å². The highest BCUT2D eigenvalue weighted by atomic mass is 16.6. The SMILES string of the molecule is Cn1nc([N+](=O)[O-])cc1C(=O)O. The molecular formula is C5H5N3O4. The monoisotopic (exact) mass is 171 g/mol. The van der Waals surface area contributed by atoms with Crippen LogP contribution in [0.3, 0.4) is 0 Å². The summed E-state index contributed by atoms with van der Waals surface area (Å²) in [6.45, 7) is 0. The van der Waals surface area contributed by atoms with Crippen molar-refractivity contribution in [1.82, 2.24) is 9.78 Å². The minimum atomic E-state index is -1.24. The molecule has 0 aliphatic heterocycles. The van der Waals surface area contributed by atoms with Crippen molar-refractivity contribution in [2.75, 3.05) is 0 Å². The van der Waals surface area contributed by atoms with E-state index in [0.29, 0.717) is 0 Å². The predicted octanol–water partition coefficient (Wildman–Crippen LogP) is 0.0265. The first-order chi connectivity index (χ1) is 5.52. The molecule has 1 aromatic rings. The van der Waals surface area contributed by atoms with Crippen LogP contribution >= 0.6 is 0 Å². The fraction of sp³-hybridized carbons (Fsp3) is 0.200. The number of nitrogens with zero attached hydrogens (tertiary/aromatic N) is 3. The van der Waals surface area contributed by atoms with Crippen LogP contribution < -0.4 is 0 Å². The summed E-state index contributed by atoms with van der Waals surface area (Å²) in [5.74, 6) is -1.70. The molecule has 0 amide bonds. The molecule has 0 saturated heterocycles. The zero-order chi connectivity index (χ0) is 9.30. The molecular weight excluding hydrogens is 166 g/mol. The smallest absolute Gasteiger partial charge is 0.390 e. The molecule has 0 spiro atoms. The van der Waals surface area contributed by atoms with Gasteiger partial charge in [-0.15, -0.1) is 0 Å². The van der Waals surface area contributed by atoms with E-state index < -0.39 is 16.7 Å². The lowest BCUT2D eigenvalue weighted by Crippen LogP contribution is -2.04. The number of aryl methyl sites for hydroxylation is 1. The van der Waals surface area contributed by atoms with Gasteiger partial charge >= 0.3 is 11.8 Å². The number of aromatic carboxylic acids is 1. The van der Waals surface area contributed by atoms with Gasteiger partial charge in [0.15, 0.2) is 5.69 Å². The molecule has 1 heterocycles. The van der Waals surface area contributed by atoms with Gasteiger partial charge in [-0.2, -0.15) is 4.68 Å². The van der Waals surface area contributed by atoms with Crippen LogP contribution in [-0.4, -0.2) is 25.8 Å². The molecule has 0 saturated carbocycles. The van der Waals surface area contributed by atoms with Gasteiger partial charge < -0.3 is 15.2 Å². The van der Waals surface area contributed by atoms with E-state index in [0.717, 1.165) is 10.7 Å². The van der Waals surface area contributed by atoms with Crippen molar-refractivity contribution in [3.05, 3.63) is 21.9 Å². The van der Waals surface area contributed by atoms with Gasteiger partial charge in [0, 0.05) is 0 Å². The lowest BCUT2D eigenvalue weighted by Gasteiger charge is -1.85. The molecule has 0 aromatic carbocycles.